The van der Waals surface area contributed by atoms with Crippen LogP contribution in [0.3, 0.4) is 0 Å². The van der Waals surface area contributed by atoms with Crippen molar-refractivity contribution in [3.05, 3.63) is 36.3 Å². The SMILES string of the molecule is [2H]C([2H])([2H])NC(=O)c1nnc(NC(=O)C2CC2)cc1Nc1cccc(-c2ncn(C)n2)n1. The summed E-state index contributed by atoms with van der Waals surface area (Å²) in [4.78, 5) is 33.1. The van der Waals surface area contributed by atoms with Crippen molar-refractivity contribution in [1.82, 2.24) is 35.3 Å². The molecule has 4 rings (SSSR count). The van der Waals surface area contributed by atoms with Crippen LogP contribution in [0.4, 0.5) is 17.3 Å². The van der Waals surface area contributed by atoms with Crippen molar-refractivity contribution in [3.63, 3.8) is 0 Å². The Morgan fingerprint density at radius 3 is 2.83 bits per heavy atom. The zero-order chi connectivity index (χ0) is 22.9. The average molecular weight is 396 g/mol. The van der Waals surface area contributed by atoms with Crippen LogP contribution in [0, 0.1) is 5.92 Å². The molecule has 0 unspecified atom stereocenters. The molecule has 0 aliphatic heterocycles. The Hall–Kier alpha value is -3.89. The summed E-state index contributed by atoms with van der Waals surface area (Å²) in [6, 6.07) is 6.47. The second-order valence-electron chi connectivity index (χ2n) is 6.48. The molecule has 3 aromatic rings. The molecular weight excluding hydrogens is 374 g/mol. The number of nitrogens with one attached hydrogen (secondary N) is 3. The Balaban J connectivity index is 1.65. The molecule has 0 aromatic carbocycles. The molecule has 1 aliphatic rings. The fourth-order valence-electron chi connectivity index (χ4n) is 2.57. The van der Waals surface area contributed by atoms with Crippen LogP contribution in [0.15, 0.2) is 30.6 Å². The highest BCUT2D eigenvalue weighted by atomic mass is 16.2. The number of carbonyl (C=O) groups is 2. The number of anilines is 3. The minimum Gasteiger partial charge on any atom is -0.354 e. The molecule has 0 spiro atoms. The highest BCUT2D eigenvalue weighted by Crippen LogP contribution is 2.30. The van der Waals surface area contributed by atoms with Crippen LogP contribution in [0.5, 0.6) is 0 Å². The van der Waals surface area contributed by atoms with Crippen LogP contribution < -0.4 is 16.0 Å². The van der Waals surface area contributed by atoms with Gasteiger partial charge in [0.05, 0.1) is 5.69 Å². The van der Waals surface area contributed by atoms with Gasteiger partial charge in [0.15, 0.2) is 17.3 Å². The number of hydrogen-bond donors (Lipinski definition) is 3. The summed E-state index contributed by atoms with van der Waals surface area (Å²) in [6.07, 6.45) is 3.15. The molecule has 3 heterocycles. The molecule has 148 valence electrons. The van der Waals surface area contributed by atoms with E-state index in [0.29, 0.717) is 17.3 Å². The molecule has 0 bridgehead atoms. The van der Waals surface area contributed by atoms with Crippen molar-refractivity contribution in [3.8, 4) is 11.5 Å². The average Bonchev–Trinajstić information content (AvgIpc) is 3.48. The van der Waals surface area contributed by atoms with Gasteiger partial charge in [-0.3, -0.25) is 14.3 Å². The van der Waals surface area contributed by atoms with Crippen LogP contribution >= 0.6 is 0 Å². The number of aryl methyl sites for hydroxylation is 1. The molecule has 0 atom stereocenters. The lowest BCUT2D eigenvalue weighted by Gasteiger charge is -2.12. The van der Waals surface area contributed by atoms with E-state index < -0.39 is 12.9 Å². The van der Waals surface area contributed by atoms with Crippen molar-refractivity contribution >= 4 is 29.1 Å². The van der Waals surface area contributed by atoms with Crippen LogP contribution in [0.1, 0.15) is 27.4 Å². The predicted molar refractivity (Wildman–Crippen MR) is 104 cm³/mol. The van der Waals surface area contributed by atoms with Gasteiger partial charge in [-0.2, -0.15) is 0 Å². The van der Waals surface area contributed by atoms with Gasteiger partial charge in [-0.1, -0.05) is 6.07 Å². The maximum atomic E-state index is 12.5. The number of aromatic nitrogens is 6. The molecule has 29 heavy (non-hydrogen) atoms. The summed E-state index contributed by atoms with van der Waals surface area (Å²) < 4.78 is 23.3. The van der Waals surface area contributed by atoms with Crippen molar-refractivity contribution < 1.29 is 13.7 Å². The normalized spacial score (nSPS) is 15.0. The summed E-state index contributed by atoms with van der Waals surface area (Å²) >= 11 is 0. The maximum Gasteiger partial charge on any atom is 0.273 e. The molecule has 0 saturated heterocycles. The topological polar surface area (TPSA) is 140 Å². The third-order valence-electron chi connectivity index (χ3n) is 4.16. The zero-order valence-corrected chi connectivity index (χ0v) is 15.4. The fourth-order valence-corrected chi connectivity index (χ4v) is 2.57. The lowest BCUT2D eigenvalue weighted by Crippen LogP contribution is -2.22. The minimum absolute atomic E-state index is 0.0593. The van der Waals surface area contributed by atoms with Gasteiger partial charge in [0.1, 0.15) is 17.8 Å². The number of hydrogen-bond acceptors (Lipinski definition) is 8. The molecule has 1 saturated carbocycles. The van der Waals surface area contributed by atoms with Crippen molar-refractivity contribution in [2.45, 2.75) is 12.8 Å². The van der Waals surface area contributed by atoms with Gasteiger partial charge >= 0.3 is 0 Å². The van der Waals surface area contributed by atoms with Gasteiger partial charge < -0.3 is 16.0 Å². The summed E-state index contributed by atoms with van der Waals surface area (Å²) in [5, 5.41) is 19.3. The van der Waals surface area contributed by atoms with E-state index in [4.69, 9.17) is 4.11 Å². The summed E-state index contributed by atoms with van der Waals surface area (Å²) in [5.74, 6) is -0.352. The summed E-state index contributed by atoms with van der Waals surface area (Å²) in [7, 11) is 1.73. The van der Waals surface area contributed by atoms with Crippen molar-refractivity contribution in [1.29, 1.82) is 0 Å². The molecule has 11 heteroatoms. The van der Waals surface area contributed by atoms with Gasteiger partial charge in [0.25, 0.3) is 5.91 Å². The Morgan fingerprint density at radius 1 is 1.24 bits per heavy atom. The number of carbonyl (C=O) groups excluding carboxylic acids is 2. The molecule has 1 aliphatic carbocycles. The molecule has 3 aromatic heterocycles. The van der Waals surface area contributed by atoms with Crippen molar-refractivity contribution in [2.75, 3.05) is 17.6 Å². The summed E-state index contributed by atoms with van der Waals surface area (Å²) in [6.45, 7) is -2.71. The molecule has 1 fully saturated rings. The highest BCUT2D eigenvalue weighted by Gasteiger charge is 2.30. The Bertz CT molecular complexity index is 1170. The maximum absolute atomic E-state index is 12.5. The van der Waals surface area contributed by atoms with E-state index in [1.165, 1.54) is 17.1 Å². The predicted octanol–water partition coefficient (Wildman–Crippen LogP) is 1.12. The standard InChI is InChI=1S/C18H19N9O2/c1-19-18(29)15-12(8-14(24-25-15)23-17(28)10-6-7-10)22-13-5-3-4-11(21-13)16-20-9-27(2)26-16/h3-5,8-10H,6-7H2,1-2H3,(H,19,29)(H2,21,22,23,24,28)/i1D3. The highest BCUT2D eigenvalue weighted by molar-refractivity contribution is 5.99. The molecule has 0 radical (unpaired) electrons. The number of amides is 2. The van der Waals surface area contributed by atoms with E-state index in [2.05, 4.69) is 35.9 Å². The Kier molecular flexibility index (Phi) is 3.96. The zero-order valence-electron chi connectivity index (χ0n) is 18.4. The van der Waals surface area contributed by atoms with E-state index in [9.17, 15) is 9.59 Å². The Labute approximate surface area is 170 Å². The van der Waals surface area contributed by atoms with Gasteiger partial charge in [-0.25, -0.2) is 9.97 Å². The van der Waals surface area contributed by atoms with E-state index in [1.54, 1.807) is 25.2 Å². The Morgan fingerprint density at radius 2 is 2.10 bits per heavy atom. The number of rotatable bonds is 6. The molecule has 11 nitrogen and oxygen atoms in total. The van der Waals surface area contributed by atoms with E-state index in [-0.39, 0.29) is 29.0 Å². The van der Waals surface area contributed by atoms with Gasteiger partial charge in [-0.05, 0) is 25.0 Å². The lowest BCUT2D eigenvalue weighted by atomic mass is 10.2. The largest absolute Gasteiger partial charge is 0.354 e. The first-order chi connectivity index (χ1) is 15.2. The number of nitrogens with zero attached hydrogens (tertiary/aromatic N) is 6. The molecule has 2 amide bonds. The quantitative estimate of drug-likeness (QED) is 0.563. The second-order valence-corrected chi connectivity index (χ2v) is 6.48. The smallest absolute Gasteiger partial charge is 0.273 e. The van der Waals surface area contributed by atoms with E-state index >= 15 is 0 Å². The minimum atomic E-state index is -2.71. The van der Waals surface area contributed by atoms with E-state index in [0.717, 1.165) is 12.8 Å². The molecule has 3 N–H and O–H groups in total. The van der Waals surface area contributed by atoms with Crippen LogP contribution in [0.25, 0.3) is 11.5 Å². The van der Waals surface area contributed by atoms with Gasteiger partial charge in [-0.15, -0.1) is 15.3 Å². The lowest BCUT2D eigenvalue weighted by molar-refractivity contribution is -0.117. The molecular formula is C18H19N9O2. The van der Waals surface area contributed by atoms with E-state index in [1.807, 2.05) is 5.32 Å². The third-order valence-corrected chi connectivity index (χ3v) is 4.16. The first-order valence-corrected chi connectivity index (χ1v) is 8.79. The first-order valence-electron chi connectivity index (χ1n) is 10.3. The van der Waals surface area contributed by atoms with Gasteiger partial charge in [0, 0.05) is 30.1 Å². The fraction of sp³-hybridized carbons (Fsp3) is 0.278. The summed E-state index contributed by atoms with van der Waals surface area (Å²) in [5.41, 5.74) is 0.327. The third kappa shape index (κ3) is 4.18. The van der Waals surface area contributed by atoms with Crippen LogP contribution in [-0.2, 0) is 11.8 Å². The van der Waals surface area contributed by atoms with Gasteiger partial charge in [0.2, 0.25) is 5.91 Å². The number of pyridine rings is 1. The van der Waals surface area contributed by atoms with Crippen LogP contribution in [0.2, 0.25) is 0 Å². The second kappa shape index (κ2) is 7.62. The monoisotopic (exact) mass is 396 g/mol. The first kappa shape index (κ1) is 15.1. The van der Waals surface area contributed by atoms with Crippen LogP contribution in [-0.4, -0.2) is 48.7 Å². The van der Waals surface area contributed by atoms with Crippen molar-refractivity contribution in [2.24, 2.45) is 13.0 Å².